The van der Waals surface area contributed by atoms with Crippen LogP contribution in [0.4, 0.5) is 0 Å². The van der Waals surface area contributed by atoms with Crippen LogP contribution in [-0.2, 0) is 10.0 Å². The molecule has 0 unspecified atom stereocenters. The molecule has 3 atom stereocenters. The second-order valence-electron chi connectivity index (χ2n) is 9.57. The van der Waals surface area contributed by atoms with Crippen molar-refractivity contribution in [3.8, 4) is 5.75 Å². The van der Waals surface area contributed by atoms with Crippen LogP contribution >= 0.6 is 0 Å². The maximum absolute atomic E-state index is 13.6. The Kier molecular flexibility index (Phi) is 7.64. The van der Waals surface area contributed by atoms with Gasteiger partial charge in [-0.2, -0.15) is 4.31 Å². The van der Waals surface area contributed by atoms with E-state index >= 15 is 0 Å². The minimum atomic E-state index is -3.89. The van der Waals surface area contributed by atoms with E-state index in [0.29, 0.717) is 17.9 Å². The smallest absolute Gasteiger partial charge is 0.253 e. The number of aliphatic hydroxyl groups is 1. The normalized spacial score (nSPS) is 22.8. The van der Waals surface area contributed by atoms with Crippen molar-refractivity contribution < 1.29 is 23.1 Å². The predicted molar refractivity (Wildman–Crippen MR) is 136 cm³/mol. The van der Waals surface area contributed by atoms with Crippen LogP contribution in [0.5, 0.6) is 5.75 Å². The van der Waals surface area contributed by atoms with E-state index in [0.717, 1.165) is 24.8 Å². The molecule has 7 nitrogen and oxygen atoms in total. The monoisotopic (exact) mass is 498 g/mol. The van der Waals surface area contributed by atoms with E-state index in [-0.39, 0.29) is 29.9 Å². The van der Waals surface area contributed by atoms with Crippen molar-refractivity contribution in [2.45, 2.75) is 50.2 Å². The minimum Gasteiger partial charge on any atom is -0.487 e. The van der Waals surface area contributed by atoms with Crippen molar-refractivity contribution in [2.24, 2.45) is 5.92 Å². The van der Waals surface area contributed by atoms with Gasteiger partial charge in [-0.05, 0) is 61.6 Å². The number of rotatable bonds is 6. The van der Waals surface area contributed by atoms with Crippen molar-refractivity contribution in [1.29, 1.82) is 0 Å². The molecular formula is C27H34N2O5S. The molecule has 2 aromatic rings. The number of benzene rings is 2. The number of allylic oxidation sites excluding steroid dienone is 2. The van der Waals surface area contributed by atoms with Crippen LogP contribution in [0.3, 0.4) is 0 Å². The largest absolute Gasteiger partial charge is 0.487 e. The number of hydrogen-bond donors (Lipinski definition) is 1. The first-order chi connectivity index (χ1) is 16.7. The van der Waals surface area contributed by atoms with E-state index in [1.807, 2.05) is 37.3 Å². The van der Waals surface area contributed by atoms with Gasteiger partial charge in [-0.25, -0.2) is 8.42 Å². The second-order valence-corrected chi connectivity index (χ2v) is 11.4. The van der Waals surface area contributed by atoms with Crippen LogP contribution in [0.2, 0.25) is 0 Å². The number of sulfonamides is 1. The molecule has 188 valence electrons. The lowest BCUT2D eigenvalue weighted by molar-refractivity contribution is 0.0563. The number of likely N-dealkylation sites (N-methyl/N-ethyl adjacent to an activating group) is 1. The summed E-state index contributed by atoms with van der Waals surface area (Å²) in [5.41, 5.74) is 2.73. The van der Waals surface area contributed by atoms with Gasteiger partial charge in [0.2, 0.25) is 10.0 Å². The topological polar surface area (TPSA) is 87.2 Å². The predicted octanol–water partition coefficient (Wildman–Crippen LogP) is 3.79. The molecular weight excluding hydrogens is 464 g/mol. The summed E-state index contributed by atoms with van der Waals surface area (Å²) in [5.74, 6) is -0.0587. The first-order valence-electron chi connectivity index (χ1n) is 12.2. The average molecular weight is 499 g/mol. The Hall–Kier alpha value is -2.68. The molecule has 4 rings (SSSR count). The van der Waals surface area contributed by atoms with Crippen LogP contribution in [0.1, 0.15) is 49.0 Å². The third-order valence-electron chi connectivity index (χ3n) is 6.90. The zero-order valence-corrected chi connectivity index (χ0v) is 21.4. The van der Waals surface area contributed by atoms with Gasteiger partial charge in [0.05, 0.1) is 13.2 Å². The Bertz CT molecular complexity index is 1200. The fraction of sp³-hybridized carbons (Fsp3) is 0.444. The molecule has 0 saturated carbocycles. The molecule has 2 aromatic carbocycles. The minimum absolute atomic E-state index is 0.0917. The van der Waals surface area contributed by atoms with Crippen molar-refractivity contribution >= 4 is 21.5 Å². The number of fused-ring (bicyclic) bond motifs is 1. The van der Waals surface area contributed by atoms with Gasteiger partial charge in [0.15, 0.2) is 0 Å². The summed E-state index contributed by atoms with van der Waals surface area (Å²) >= 11 is 0. The molecule has 1 amide bonds. The summed E-state index contributed by atoms with van der Waals surface area (Å²) in [6.07, 6.45) is 4.79. The molecule has 0 spiro atoms. The first-order valence-corrected chi connectivity index (χ1v) is 13.6. The number of carbonyl (C=O) groups is 1. The van der Waals surface area contributed by atoms with Gasteiger partial charge < -0.3 is 14.7 Å². The Balaban J connectivity index is 1.72. The van der Waals surface area contributed by atoms with E-state index in [1.54, 1.807) is 37.1 Å². The molecule has 1 aliphatic carbocycles. The van der Waals surface area contributed by atoms with Gasteiger partial charge in [0.25, 0.3) is 5.91 Å². The fourth-order valence-corrected chi connectivity index (χ4v) is 6.56. The number of ether oxygens (including phenoxy) is 1. The number of amides is 1. The summed E-state index contributed by atoms with van der Waals surface area (Å²) in [4.78, 5) is 14.7. The molecule has 0 radical (unpaired) electrons. The van der Waals surface area contributed by atoms with E-state index in [9.17, 15) is 18.3 Å². The lowest BCUT2D eigenvalue weighted by atomic mass is 10.0. The maximum Gasteiger partial charge on any atom is 0.253 e. The SMILES string of the molecule is C[C@H](CO)N1C[C@H](C)[C@H](CN(C)C(=O)c2ccccc2)Oc2cc(C3=CCCC3)ccc2S1(=O)=O. The Morgan fingerprint density at radius 1 is 1.23 bits per heavy atom. The third kappa shape index (κ3) is 5.29. The van der Waals surface area contributed by atoms with E-state index in [4.69, 9.17) is 4.74 Å². The van der Waals surface area contributed by atoms with Gasteiger partial charge in [-0.3, -0.25) is 4.79 Å². The van der Waals surface area contributed by atoms with E-state index in [2.05, 4.69) is 6.08 Å². The molecule has 1 heterocycles. The lowest BCUT2D eigenvalue weighted by Crippen LogP contribution is -2.50. The summed E-state index contributed by atoms with van der Waals surface area (Å²) in [7, 11) is -2.16. The fourth-order valence-electron chi connectivity index (χ4n) is 4.73. The Labute approximate surface area is 208 Å². The molecule has 8 heteroatoms. The highest BCUT2D eigenvalue weighted by Crippen LogP contribution is 2.37. The van der Waals surface area contributed by atoms with Crippen molar-refractivity contribution in [1.82, 2.24) is 9.21 Å². The highest BCUT2D eigenvalue weighted by molar-refractivity contribution is 7.89. The highest BCUT2D eigenvalue weighted by atomic mass is 32.2. The molecule has 35 heavy (non-hydrogen) atoms. The van der Waals surface area contributed by atoms with Gasteiger partial charge in [0.1, 0.15) is 16.7 Å². The van der Waals surface area contributed by atoms with Crippen LogP contribution in [0.25, 0.3) is 5.57 Å². The van der Waals surface area contributed by atoms with Crippen molar-refractivity contribution in [2.75, 3.05) is 26.7 Å². The van der Waals surface area contributed by atoms with Crippen LogP contribution in [0.15, 0.2) is 59.5 Å². The van der Waals surface area contributed by atoms with Crippen molar-refractivity contribution in [3.63, 3.8) is 0 Å². The first kappa shape index (κ1) is 25.4. The summed E-state index contributed by atoms with van der Waals surface area (Å²) in [6.45, 7) is 3.80. The zero-order valence-electron chi connectivity index (χ0n) is 20.6. The second kappa shape index (κ2) is 10.5. The van der Waals surface area contributed by atoms with Gasteiger partial charge in [-0.15, -0.1) is 0 Å². The third-order valence-corrected chi connectivity index (χ3v) is 8.92. The molecule has 1 aliphatic heterocycles. The summed E-state index contributed by atoms with van der Waals surface area (Å²) in [5, 5.41) is 9.82. The standard InChI is InChI=1S/C27H34N2O5S/c1-19-16-29(20(2)18-30)35(32,33)26-14-13-23(21-9-7-8-10-21)15-24(26)34-25(19)17-28(3)27(31)22-11-5-4-6-12-22/h4-6,9,11-15,19-20,25,30H,7-8,10,16-18H2,1-3H3/t19-,20+,25-/m0/s1. The lowest BCUT2D eigenvalue weighted by Gasteiger charge is -2.37. The Morgan fingerprint density at radius 2 is 1.97 bits per heavy atom. The highest BCUT2D eigenvalue weighted by Gasteiger charge is 2.38. The van der Waals surface area contributed by atoms with Gasteiger partial charge in [-0.1, -0.05) is 37.3 Å². The van der Waals surface area contributed by atoms with Crippen LogP contribution in [0, 0.1) is 5.92 Å². The molecule has 0 saturated heterocycles. The quantitative estimate of drug-likeness (QED) is 0.655. The average Bonchev–Trinajstić information content (AvgIpc) is 3.40. The zero-order chi connectivity index (χ0) is 25.2. The molecule has 1 N–H and O–H groups in total. The summed E-state index contributed by atoms with van der Waals surface area (Å²) in [6, 6.07) is 13.7. The number of hydrogen-bond acceptors (Lipinski definition) is 5. The number of nitrogens with zero attached hydrogens (tertiary/aromatic N) is 2. The van der Waals surface area contributed by atoms with Crippen molar-refractivity contribution in [3.05, 3.63) is 65.7 Å². The van der Waals surface area contributed by atoms with Crippen LogP contribution in [-0.4, -0.2) is 67.5 Å². The molecule has 0 aromatic heterocycles. The van der Waals surface area contributed by atoms with E-state index in [1.165, 1.54) is 9.88 Å². The molecule has 0 bridgehead atoms. The molecule has 2 aliphatic rings. The van der Waals surface area contributed by atoms with Crippen LogP contribution < -0.4 is 4.74 Å². The maximum atomic E-state index is 13.6. The molecule has 0 fully saturated rings. The Morgan fingerprint density at radius 3 is 2.63 bits per heavy atom. The number of carbonyl (C=O) groups excluding carboxylic acids is 1. The summed E-state index contributed by atoms with van der Waals surface area (Å²) < 4.78 is 35.0. The van der Waals surface area contributed by atoms with E-state index < -0.39 is 22.2 Å². The van der Waals surface area contributed by atoms with Gasteiger partial charge in [0, 0.05) is 31.1 Å². The van der Waals surface area contributed by atoms with Gasteiger partial charge >= 0.3 is 0 Å². The number of aliphatic hydroxyl groups excluding tert-OH is 1.